The minimum absolute atomic E-state index is 0.253. The molecule has 4 nitrogen and oxygen atoms in total. The Hall–Kier alpha value is -0.580. The lowest BCUT2D eigenvalue weighted by molar-refractivity contribution is 0.170. The van der Waals surface area contributed by atoms with E-state index in [2.05, 4.69) is 29.1 Å². The van der Waals surface area contributed by atoms with Crippen molar-refractivity contribution in [1.82, 2.24) is 15.3 Å². The van der Waals surface area contributed by atoms with Crippen molar-refractivity contribution in [3.8, 4) is 0 Å². The Balaban J connectivity index is 2.44. The minimum atomic E-state index is -0.287. The summed E-state index contributed by atoms with van der Waals surface area (Å²) in [7, 11) is 0. The van der Waals surface area contributed by atoms with Crippen LogP contribution in [-0.2, 0) is 13.0 Å². The minimum Gasteiger partial charge on any atom is -0.393 e. The summed E-state index contributed by atoms with van der Waals surface area (Å²) >= 11 is 6.08. The summed E-state index contributed by atoms with van der Waals surface area (Å²) in [5.74, 6) is 0.960. The molecule has 0 aliphatic rings. The number of nitrogens with one attached hydrogen (secondary N) is 2. The van der Waals surface area contributed by atoms with Gasteiger partial charge in [-0.05, 0) is 26.7 Å². The zero-order chi connectivity index (χ0) is 13.5. The van der Waals surface area contributed by atoms with Crippen LogP contribution in [0.4, 0.5) is 0 Å². The Morgan fingerprint density at radius 3 is 2.78 bits per heavy atom. The van der Waals surface area contributed by atoms with Crippen LogP contribution in [0.25, 0.3) is 0 Å². The number of aromatic amines is 1. The van der Waals surface area contributed by atoms with E-state index in [0.717, 1.165) is 37.2 Å². The average Bonchev–Trinajstić information content (AvgIpc) is 2.64. The highest BCUT2D eigenvalue weighted by Crippen LogP contribution is 2.14. The molecule has 0 bridgehead atoms. The van der Waals surface area contributed by atoms with E-state index in [1.54, 1.807) is 6.92 Å². The molecule has 0 aliphatic heterocycles. The van der Waals surface area contributed by atoms with Gasteiger partial charge in [0.2, 0.25) is 0 Å². The monoisotopic (exact) mass is 273 g/mol. The molecular formula is C13H24ClN3O. The first-order valence-corrected chi connectivity index (χ1v) is 7.05. The van der Waals surface area contributed by atoms with Crippen molar-refractivity contribution in [1.29, 1.82) is 0 Å². The maximum Gasteiger partial charge on any atom is 0.151 e. The maximum absolute atomic E-state index is 9.29. The number of aliphatic hydroxyl groups is 1. The smallest absolute Gasteiger partial charge is 0.151 e. The van der Waals surface area contributed by atoms with Crippen LogP contribution in [0.1, 0.15) is 51.6 Å². The van der Waals surface area contributed by atoms with Crippen LogP contribution >= 0.6 is 11.6 Å². The van der Waals surface area contributed by atoms with Gasteiger partial charge in [0.05, 0.1) is 11.8 Å². The van der Waals surface area contributed by atoms with Gasteiger partial charge in [-0.25, -0.2) is 4.98 Å². The Morgan fingerprint density at radius 2 is 2.17 bits per heavy atom. The highest BCUT2D eigenvalue weighted by atomic mass is 35.5. The number of aromatic nitrogens is 2. The van der Waals surface area contributed by atoms with Gasteiger partial charge in [0.15, 0.2) is 5.15 Å². The van der Waals surface area contributed by atoms with Crippen LogP contribution in [-0.4, -0.2) is 27.2 Å². The quantitative estimate of drug-likeness (QED) is 0.682. The zero-order valence-electron chi connectivity index (χ0n) is 11.5. The Labute approximate surface area is 114 Å². The summed E-state index contributed by atoms with van der Waals surface area (Å²) in [6, 6.07) is 0.253. The first-order valence-electron chi connectivity index (χ1n) is 6.67. The largest absolute Gasteiger partial charge is 0.393 e. The summed E-state index contributed by atoms with van der Waals surface area (Å²) in [5.41, 5.74) is 0.931. The molecule has 1 aromatic rings. The van der Waals surface area contributed by atoms with Gasteiger partial charge < -0.3 is 15.4 Å². The van der Waals surface area contributed by atoms with Crippen molar-refractivity contribution in [3.63, 3.8) is 0 Å². The van der Waals surface area contributed by atoms with Crippen LogP contribution in [0.2, 0.25) is 5.15 Å². The number of hydrogen-bond donors (Lipinski definition) is 3. The highest BCUT2D eigenvalue weighted by Gasteiger charge is 2.10. The molecule has 0 radical (unpaired) electrons. The van der Waals surface area contributed by atoms with E-state index in [9.17, 15) is 5.11 Å². The van der Waals surface area contributed by atoms with Crippen LogP contribution in [0.15, 0.2) is 0 Å². The standard InChI is InChI=1S/C13H24ClN3O/c1-4-5-6-12-16-11(13(14)17-12)8-15-9(2)7-10(3)18/h9-10,15,18H,4-8H2,1-3H3,(H,16,17). The number of nitrogens with zero attached hydrogens (tertiary/aromatic N) is 1. The van der Waals surface area contributed by atoms with Gasteiger partial charge in [0.1, 0.15) is 5.82 Å². The fourth-order valence-corrected chi connectivity index (χ4v) is 2.11. The van der Waals surface area contributed by atoms with Gasteiger partial charge in [0, 0.05) is 19.0 Å². The van der Waals surface area contributed by atoms with E-state index in [1.807, 2.05) is 0 Å². The molecule has 104 valence electrons. The maximum atomic E-state index is 9.29. The molecule has 0 aliphatic carbocycles. The van der Waals surface area contributed by atoms with Crippen molar-refractivity contribution in [2.75, 3.05) is 0 Å². The molecule has 3 N–H and O–H groups in total. The van der Waals surface area contributed by atoms with Crippen LogP contribution in [0.3, 0.4) is 0 Å². The van der Waals surface area contributed by atoms with Crippen molar-refractivity contribution >= 4 is 11.6 Å². The topological polar surface area (TPSA) is 60.9 Å². The first kappa shape index (κ1) is 15.5. The molecule has 0 aromatic carbocycles. The summed E-state index contributed by atoms with van der Waals surface area (Å²) in [4.78, 5) is 7.56. The molecule has 0 saturated carbocycles. The summed E-state index contributed by atoms with van der Waals surface area (Å²) < 4.78 is 0. The zero-order valence-corrected chi connectivity index (χ0v) is 12.2. The van der Waals surface area contributed by atoms with E-state index in [-0.39, 0.29) is 12.1 Å². The Morgan fingerprint density at radius 1 is 1.44 bits per heavy atom. The van der Waals surface area contributed by atoms with Gasteiger partial charge in [-0.2, -0.15) is 0 Å². The fourth-order valence-electron chi connectivity index (χ4n) is 1.89. The lowest BCUT2D eigenvalue weighted by Crippen LogP contribution is -2.28. The third-order valence-corrected chi connectivity index (χ3v) is 3.18. The summed E-state index contributed by atoms with van der Waals surface area (Å²) in [6.45, 7) is 6.66. The lowest BCUT2D eigenvalue weighted by atomic mass is 10.1. The Kier molecular flexibility index (Phi) is 6.68. The van der Waals surface area contributed by atoms with E-state index >= 15 is 0 Å². The number of aliphatic hydroxyl groups excluding tert-OH is 1. The number of imidazole rings is 1. The fraction of sp³-hybridized carbons (Fsp3) is 0.769. The molecule has 2 unspecified atom stereocenters. The van der Waals surface area contributed by atoms with E-state index < -0.39 is 0 Å². The second-order valence-electron chi connectivity index (χ2n) is 4.92. The van der Waals surface area contributed by atoms with Crippen LogP contribution in [0, 0.1) is 0 Å². The molecule has 1 aromatic heterocycles. The van der Waals surface area contributed by atoms with Crippen LogP contribution < -0.4 is 5.32 Å². The number of rotatable bonds is 8. The Bertz CT molecular complexity index is 352. The third kappa shape index (κ3) is 5.38. The molecule has 1 rings (SSSR count). The van der Waals surface area contributed by atoms with Gasteiger partial charge >= 0.3 is 0 Å². The molecule has 1 heterocycles. The number of H-pyrrole nitrogens is 1. The molecular weight excluding hydrogens is 250 g/mol. The number of aryl methyl sites for hydroxylation is 1. The van der Waals surface area contributed by atoms with E-state index in [4.69, 9.17) is 11.6 Å². The highest BCUT2D eigenvalue weighted by molar-refractivity contribution is 6.30. The molecule has 2 atom stereocenters. The molecule has 18 heavy (non-hydrogen) atoms. The first-order chi connectivity index (χ1) is 8.52. The van der Waals surface area contributed by atoms with Crippen molar-refractivity contribution in [2.45, 2.75) is 65.1 Å². The second kappa shape index (κ2) is 7.77. The van der Waals surface area contributed by atoms with Gasteiger partial charge in [0.25, 0.3) is 0 Å². The molecule has 0 amide bonds. The number of unbranched alkanes of at least 4 members (excludes halogenated alkanes) is 1. The van der Waals surface area contributed by atoms with Crippen molar-refractivity contribution < 1.29 is 5.11 Å². The van der Waals surface area contributed by atoms with Crippen molar-refractivity contribution in [3.05, 3.63) is 16.7 Å². The number of halogens is 1. The summed E-state index contributed by atoms with van der Waals surface area (Å²) in [5, 5.41) is 13.2. The molecule has 0 fully saturated rings. The van der Waals surface area contributed by atoms with E-state index in [0.29, 0.717) is 11.7 Å². The summed E-state index contributed by atoms with van der Waals surface area (Å²) in [6.07, 6.45) is 3.66. The average molecular weight is 274 g/mol. The van der Waals surface area contributed by atoms with Crippen molar-refractivity contribution in [2.24, 2.45) is 0 Å². The molecule has 0 saturated heterocycles. The van der Waals surface area contributed by atoms with Crippen LogP contribution in [0.5, 0.6) is 0 Å². The normalized spacial score (nSPS) is 14.7. The second-order valence-corrected chi connectivity index (χ2v) is 5.28. The molecule has 0 spiro atoms. The van der Waals surface area contributed by atoms with Gasteiger partial charge in [-0.3, -0.25) is 0 Å². The predicted molar refractivity (Wildman–Crippen MR) is 74.8 cm³/mol. The predicted octanol–water partition coefficient (Wildman–Crippen LogP) is 2.65. The van der Waals surface area contributed by atoms with E-state index in [1.165, 1.54) is 0 Å². The van der Waals surface area contributed by atoms with Gasteiger partial charge in [-0.1, -0.05) is 24.9 Å². The third-order valence-electron chi connectivity index (χ3n) is 2.87. The lowest BCUT2D eigenvalue weighted by Gasteiger charge is -2.14. The number of hydrogen-bond acceptors (Lipinski definition) is 3. The molecule has 5 heteroatoms. The van der Waals surface area contributed by atoms with Gasteiger partial charge in [-0.15, -0.1) is 0 Å². The SMILES string of the molecule is CCCCc1nc(Cl)c(CNC(C)CC(C)O)[nH]1.